The standard InChI is InChI=1S/C18H28N6O3/c1-2-3-13-10-15(20-19-13)17(25)23-4-5-24-14(12-23)11-16(21-24)18(26)22-6-8-27-9-7-22/h11,13,15,19-20H,2-10,12H2,1H3. The van der Waals surface area contributed by atoms with Gasteiger partial charge in [0, 0.05) is 25.7 Å². The molecule has 3 aliphatic heterocycles. The highest BCUT2D eigenvalue weighted by Crippen LogP contribution is 2.19. The number of aromatic nitrogens is 2. The highest BCUT2D eigenvalue weighted by molar-refractivity contribution is 5.92. The number of hydrogen-bond donors (Lipinski definition) is 2. The van der Waals surface area contributed by atoms with E-state index >= 15 is 0 Å². The first-order valence-corrected chi connectivity index (χ1v) is 9.89. The summed E-state index contributed by atoms with van der Waals surface area (Å²) < 4.78 is 7.16. The minimum Gasteiger partial charge on any atom is -0.378 e. The Balaban J connectivity index is 1.39. The van der Waals surface area contributed by atoms with Crippen molar-refractivity contribution in [3.05, 3.63) is 17.5 Å². The molecule has 2 N–H and O–H groups in total. The Labute approximate surface area is 159 Å². The maximum absolute atomic E-state index is 12.9. The third-order valence-electron chi connectivity index (χ3n) is 5.54. The van der Waals surface area contributed by atoms with Gasteiger partial charge in [-0.3, -0.25) is 19.7 Å². The zero-order valence-corrected chi connectivity index (χ0v) is 15.8. The van der Waals surface area contributed by atoms with Crippen molar-refractivity contribution in [1.82, 2.24) is 30.4 Å². The number of amides is 2. The summed E-state index contributed by atoms with van der Waals surface area (Å²) in [5.74, 6) is 0.0664. The van der Waals surface area contributed by atoms with Gasteiger partial charge in [-0.15, -0.1) is 0 Å². The molecule has 4 rings (SSSR count). The monoisotopic (exact) mass is 376 g/mol. The second kappa shape index (κ2) is 7.95. The summed E-state index contributed by atoms with van der Waals surface area (Å²) in [5, 5.41) is 4.47. The molecule has 2 saturated heterocycles. The number of ether oxygens (including phenoxy) is 1. The van der Waals surface area contributed by atoms with Crippen LogP contribution in [0.2, 0.25) is 0 Å². The van der Waals surface area contributed by atoms with E-state index in [4.69, 9.17) is 4.74 Å². The molecular formula is C18H28N6O3. The SMILES string of the molecule is CCCC1CC(C(=O)N2CCn3nc(C(=O)N4CCOCC4)cc3C2)NN1. The zero-order chi connectivity index (χ0) is 18.8. The van der Waals surface area contributed by atoms with Gasteiger partial charge in [0.15, 0.2) is 5.69 Å². The fourth-order valence-electron chi connectivity index (χ4n) is 4.03. The number of carbonyl (C=O) groups is 2. The van der Waals surface area contributed by atoms with Crippen LogP contribution in [0.15, 0.2) is 6.07 Å². The van der Waals surface area contributed by atoms with Gasteiger partial charge < -0.3 is 14.5 Å². The van der Waals surface area contributed by atoms with Gasteiger partial charge in [0.25, 0.3) is 5.91 Å². The Hall–Kier alpha value is -1.97. The molecule has 3 aliphatic rings. The number of rotatable bonds is 4. The molecule has 0 radical (unpaired) electrons. The van der Waals surface area contributed by atoms with E-state index in [0.29, 0.717) is 57.7 Å². The minimum atomic E-state index is -0.175. The van der Waals surface area contributed by atoms with Crippen LogP contribution in [0, 0.1) is 0 Å². The lowest BCUT2D eigenvalue weighted by molar-refractivity contribution is -0.134. The summed E-state index contributed by atoms with van der Waals surface area (Å²) in [6.45, 7) is 6.24. The number of morpholine rings is 1. The van der Waals surface area contributed by atoms with E-state index in [1.807, 2.05) is 15.6 Å². The van der Waals surface area contributed by atoms with E-state index in [-0.39, 0.29) is 17.9 Å². The molecular weight excluding hydrogens is 348 g/mol. The highest BCUT2D eigenvalue weighted by Gasteiger charge is 2.34. The Morgan fingerprint density at radius 3 is 2.78 bits per heavy atom. The van der Waals surface area contributed by atoms with Crippen molar-refractivity contribution in [2.45, 2.75) is 51.4 Å². The largest absolute Gasteiger partial charge is 0.378 e. The Morgan fingerprint density at radius 2 is 2.00 bits per heavy atom. The average molecular weight is 376 g/mol. The third-order valence-corrected chi connectivity index (χ3v) is 5.54. The molecule has 2 atom stereocenters. The van der Waals surface area contributed by atoms with Crippen LogP contribution in [0.1, 0.15) is 42.4 Å². The molecule has 9 nitrogen and oxygen atoms in total. The van der Waals surface area contributed by atoms with E-state index in [0.717, 1.165) is 25.0 Å². The molecule has 0 bridgehead atoms. The maximum Gasteiger partial charge on any atom is 0.274 e. The molecule has 1 aromatic rings. The summed E-state index contributed by atoms with van der Waals surface area (Å²) in [4.78, 5) is 29.1. The van der Waals surface area contributed by atoms with Crippen LogP contribution in [0.3, 0.4) is 0 Å². The van der Waals surface area contributed by atoms with Crippen molar-refractivity contribution in [2.24, 2.45) is 0 Å². The highest BCUT2D eigenvalue weighted by atomic mass is 16.5. The molecule has 9 heteroatoms. The number of nitrogens with one attached hydrogen (secondary N) is 2. The predicted molar refractivity (Wildman–Crippen MR) is 97.7 cm³/mol. The first-order valence-electron chi connectivity index (χ1n) is 9.89. The second-order valence-corrected chi connectivity index (χ2v) is 7.47. The lowest BCUT2D eigenvalue weighted by atomic mass is 10.0. The van der Waals surface area contributed by atoms with Gasteiger partial charge in [0.1, 0.15) is 6.04 Å². The molecule has 2 unspecified atom stereocenters. The smallest absolute Gasteiger partial charge is 0.274 e. The summed E-state index contributed by atoms with van der Waals surface area (Å²) >= 11 is 0. The minimum absolute atomic E-state index is 0.0536. The molecule has 0 saturated carbocycles. The molecule has 1 aromatic heterocycles. The number of fused-ring (bicyclic) bond motifs is 1. The van der Waals surface area contributed by atoms with Gasteiger partial charge in [-0.25, -0.2) is 5.43 Å². The first kappa shape index (κ1) is 18.4. The topological polar surface area (TPSA) is 91.7 Å². The number of hydrogen-bond acceptors (Lipinski definition) is 6. The maximum atomic E-state index is 12.9. The lowest BCUT2D eigenvalue weighted by Crippen LogP contribution is -2.48. The fraction of sp³-hybridized carbons (Fsp3) is 0.722. The fourth-order valence-corrected chi connectivity index (χ4v) is 4.03. The van der Waals surface area contributed by atoms with Gasteiger partial charge in [0.2, 0.25) is 5.91 Å². The van der Waals surface area contributed by atoms with Crippen molar-refractivity contribution < 1.29 is 14.3 Å². The molecule has 2 fully saturated rings. The van der Waals surface area contributed by atoms with Crippen LogP contribution < -0.4 is 10.9 Å². The van der Waals surface area contributed by atoms with E-state index in [9.17, 15) is 9.59 Å². The van der Waals surface area contributed by atoms with Gasteiger partial charge in [-0.2, -0.15) is 5.10 Å². The summed E-state index contributed by atoms with van der Waals surface area (Å²) in [7, 11) is 0. The molecule has 0 aliphatic carbocycles. The normalized spacial score (nSPS) is 25.5. The van der Waals surface area contributed by atoms with E-state index < -0.39 is 0 Å². The van der Waals surface area contributed by atoms with Crippen molar-refractivity contribution in [1.29, 1.82) is 0 Å². The van der Waals surface area contributed by atoms with E-state index in [1.54, 1.807) is 4.90 Å². The molecule has 148 valence electrons. The second-order valence-electron chi connectivity index (χ2n) is 7.47. The van der Waals surface area contributed by atoms with Gasteiger partial charge in [-0.1, -0.05) is 13.3 Å². The summed E-state index contributed by atoms with van der Waals surface area (Å²) in [6.07, 6.45) is 2.99. The molecule has 27 heavy (non-hydrogen) atoms. The first-order chi connectivity index (χ1) is 13.2. The van der Waals surface area contributed by atoms with Crippen molar-refractivity contribution in [3.8, 4) is 0 Å². The van der Waals surface area contributed by atoms with Gasteiger partial charge in [-0.05, 0) is 18.9 Å². The van der Waals surface area contributed by atoms with Crippen molar-refractivity contribution in [3.63, 3.8) is 0 Å². The van der Waals surface area contributed by atoms with Gasteiger partial charge >= 0.3 is 0 Å². The van der Waals surface area contributed by atoms with Crippen LogP contribution in [0.5, 0.6) is 0 Å². The van der Waals surface area contributed by atoms with Crippen molar-refractivity contribution in [2.75, 3.05) is 32.8 Å². The molecule has 4 heterocycles. The number of nitrogens with zero attached hydrogens (tertiary/aromatic N) is 4. The summed E-state index contributed by atoms with van der Waals surface area (Å²) in [6, 6.07) is 2.01. The third kappa shape index (κ3) is 3.85. The van der Waals surface area contributed by atoms with Crippen LogP contribution in [-0.4, -0.2) is 76.3 Å². The van der Waals surface area contributed by atoms with E-state index in [2.05, 4.69) is 22.9 Å². The predicted octanol–water partition coefficient (Wildman–Crippen LogP) is -0.267. The van der Waals surface area contributed by atoms with Gasteiger partial charge in [0.05, 0.1) is 32.0 Å². The summed E-state index contributed by atoms with van der Waals surface area (Å²) in [5.41, 5.74) is 7.75. The van der Waals surface area contributed by atoms with Crippen LogP contribution in [0.4, 0.5) is 0 Å². The van der Waals surface area contributed by atoms with Crippen LogP contribution in [0.25, 0.3) is 0 Å². The average Bonchev–Trinajstić information content (AvgIpc) is 3.34. The Bertz CT molecular complexity index is 699. The van der Waals surface area contributed by atoms with Crippen LogP contribution in [-0.2, 0) is 22.6 Å². The molecule has 0 aromatic carbocycles. The van der Waals surface area contributed by atoms with Crippen LogP contribution >= 0.6 is 0 Å². The Morgan fingerprint density at radius 1 is 1.19 bits per heavy atom. The zero-order valence-electron chi connectivity index (χ0n) is 15.8. The quantitative estimate of drug-likeness (QED) is 0.752. The molecule has 0 spiro atoms. The lowest BCUT2D eigenvalue weighted by Gasteiger charge is -2.29. The van der Waals surface area contributed by atoms with E-state index in [1.165, 1.54) is 0 Å². The molecule has 2 amide bonds. The Kier molecular flexibility index (Phi) is 5.42. The number of hydrazine groups is 1. The van der Waals surface area contributed by atoms with Crippen molar-refractivity contribution >= 4 is 11.8 Å². The number of carbonyl (C=O) groups excluding carboxylic acids is 2.